The number of hydrogen-bond donors (Lipinski definition) is 1. The van der Waals surface area contributed by atoms with Crippen LogP contribution in [-0.4, -0.2) is 29.1 Å². The van der Waals surface area contributed by atoms with E-state index in [1.165, 1.54) is 30.6 Å². The van der Waals surface area contributed by atoms with Gasteiger partial charge in [-0.05, 0) is 37.1 Å². The minimum Gasteiger partial charge on any atom is -0.378 e. The van der Waals surface area contributed by atoms with E-state index in [0.29, 0.717) is 12.5 Å². The summed E-state index contributed by atoms with van der Waals surface area (Å²) in [6.07, 6.45) is 3.73. The second-order valence-electron chi connectivity index (χ2n) is 5.58. The molecule has 20 heavy (non-hydrogen) atoms. The molecule has 0 unspecified atom stereocenters. The lowest BCUT2D eigenvalue weighted by Gasteiger charge is -2.26. The first-order valence-electron chi connectivity index (χ1n) is 7.13. The van der Waals surface area contributed by atoms with Crippen molar-refractivity contribution in [3.8, 4) is 5.69 Å². The first-order valence-corrected chi connectivity index (χ1v) is 7.13. The predicted octanol–water partition coefficient (Wildman–Crippen LogP) is 2.06. The summed E-state index contributed by atoms with van der Waals surface area (Å²) >= 11 is 0. The van der Waals surface area contributed by atoms with Gasteiger partial charge in [0.25, 0.3) is 0 Å². The fourth-order valence-electron chi connectivity index (χ4n) is 2.64. The summed E-state index contributed by atoms with van der Waals surface area (Å²) in [6.45, 7) is 0.460. The van der Waals surface area contributed by atoms with Crippen LogP contribution in [0.4, 0.5) is 5.69 Å². The SMILES string of the molecule is CN(C)c1ccc(-n2nnc(CN)c2C2CCC2)cc1. The third-order valence-electron chi connectivity index (χ3n) is 4.07. The van der Waals surface area contributed by atoms with E-state index in [-0.39, 0.29) is 0 Å². The van der Waals surface area contributed by atoms with Crippen LogP contribution in [0.1, 0.15) is 36.6 Å². The molecule has 5 heteroatoms. The Morgan fingerprint density at radius 2 is 1.95 bits per heavy atom. The van der Waals surface area contributed by atoms with E-state index in [1.807, 2.05) is 18.8 Å². The maximum Gasteiger partial charge on any atom is 0.100 e. The zero-order valence-corrected chi connectivity index (χ0v) is 12.1. The molecule has 0 radical (unpaired) electrons. The van der Waals surface area contributed by atoms with Crippen LogP contribution in [0.25, 0.3) is 5.69 Å². The van der Waals surface area contributed by atoms with Gasteiger partial charge in [0.15, 0.2) is 0 Å². The van der Waals surface area contributed by atoms with Crippen molar-refractivity contribution in [1.29, 1.82) is 0 Å². The molecule has 0 bridgehead atoms. The maximum absolute atomic E-state index is 5.80. The van der Waals surface area contributed by atoms with Crippen LogP contribution in [0.3, 0.4) is 0 Å². The summed E-state index contributed by atoms with van der Waals surface area (Å²) in [6, 6.07) is 8.38. The molecule has 1 aromatic carbocycles. The molecule has 1 heterocycles. The molecule has 1 saturated carbocycles. The Hall–Kier alpha value is -1.88. The highest BCUT2D eigenvalue weighted by molar-refractivity contribution is 5.50. The average molecular weight is 271 g/mol. The number of anilines is 1. The molecule has 3 rings (SSSR count). The van der Waals surface area contributed by atoms with Gasteiger partial charge in [0.1, 0.15) is 5.69 Å². The molecule has 0 atom stereocenters. The summed E-state index contributed by atoms with van der Waals surface area (Å²) in [5.41, 5.74) is 10.2. The fourth-order valence-corrected chi connectivity index (χ4v) is 2.64. The highest BCUT2D eigenvalue weighted by Gasteiger charge is 2.27. The van der Waals surface area contributed by atoms with Crippen molar-refractivity contribution in [3.05, 3.63) is 35.7 Å². The zero-order valence-electron chi connectivity index (χ0n) is 12.1. The van der Waals surface area contributed by atoms with E-state index in [9.17, 15) is 0 Å². The molecule has 1 aliphatic carbocycles. The number of nitrogens with zero attached hydrogens (tertiary/aromatic N) is 4. The van der Waals surface area contributed by atoms with Crippen LogP contribution in [-0.2, 0) is 6.54 Å². The van der Waals surface area contributed by atoms with Crippen molar-refractivity contribution in [1.82, 2.24) is 15.0 Å². The van der Waals surface area contributed by atoms with Gasteiger partial charge in [-0.1, -0.05) is 11.6 Å². The molecule has 5 nitrogen and oxygen atoms in total. The molecule has 1 aromatic heterocycles. The normalized spacial score (nSPS) is 15.2. The van der Waals surface area contributed by atoms with Crippen LogP contribution in [0.2, 0.25) is 0 Å². The quantitative estimate of drug-likeness (QED) is 0.924. The second-order valence-corrected chi connectivity index (χ2v) is 5.58. The predicted molar refractivity (Wildman–Crippen MR) is 80.2 cm³/mol. The summed E-state index contributed by atoms with van der Waals surface area (Å²) in [5, 5.41) is 8.56. The van der Waals surface area contributed by atoms with E-state index in [0.717, 1.165) is 11.4 Å². The van der Waals surface area contributed by atoms with Crippen molar-refractivity contribution >= 4 is 5.69 Å². The first-order chi connectivity index (χ1) is 9.70. The van der Waals surface area contributed by atoms with E-state index in [4.69, 9.17) is 5.73 Å². The fraction of sp³-hybridized carbons (Fsp3) is 0.467. The molecule has 0 spiro atoms. The topological polar surface area (TPSA) is 60.0 Å². The van der Waals surface area contributed by atoms with Crippen LogP contribution in [0.5, 0.6) is 0 Å². The van der Waals surface area contributed by atoms with Crippen molar-refractivity contribution in [3.63, 3.8) is 0 Å². The third-order valence-corrected chi connectivity index (χ3v) is 4.07. The van der Waals surface area contributed by atoms with Gasteiger partial charge >= 0.3 is 0 Å². The van der Waals surface area contributed by atoms with Gasteiger partial charge in [0, 0.05) is 32.2 Å². The largest absolute Gasteiger partial charge is 0.378 e. The van der Waals surface area contributed by atoms with Crippen molar-refractivity contribution in [2.24, 2.45) is 5.73 Å². The van der Waals surface area contributed by atoms with E-state index >= 15 is 0 Å². The molecule has 2 aromatic rings. The van der Waals surface area contributed by atoms with Crippen LogP contribution in [0.15, 0.2) is 24.3 Å². The highest BCUT2D eigenvalue weighted by Crippen LogP contribution is 2.38. The van der Waals surface area contributed by atoms with E-state index < -0.39 is 0 Å². The highest BCUT2D eigenvalue weighted by atomic mass is 15.4. The van der Waals surface area contributed by atoms with Gasteiger partial charge in [-0.25, -0.2) is 4.68 Å². The summed E-state index contributed by atoms with van der Waals surface area (Å²) in [7, 11) is 4.08. The van der Waals surface area contributed by atoms with Crippen LogP contribution >= 0.6 is 0 Å². The van der Waals surface area contributed by atoms with Gasteiger partial charge < -0.3 is 10.6 Å². The lowest BCUT2D eigenvalue weighted by Crippen LogP contribution is -2.17. The second kappa shape index (κ2) is 5.25. The lowest BCUT2D eigenvalue weighted by atomic mass is 9.82. The first kappa shape index (κ1) is 13.1. The Bertz CT molecular complexity index is 581. The molecular formula is C15H21N5. The lowest BCUT2D eigenvalue weighted by molar-refractivity contribution is 0.401. The Balaban J connectivity index is 1.98. The molecule has 0 aliphatic heterocycles. The Morgan fingerprint density at radius 1 is 1.25 bits per heavy atom. The Morgan fingerprint density at radius 3 is 2.45 bits per heavy atom. The van der Waals surface area contributed by atoms with Gasteiger partial charge in [0.2, 0.25) is 0 Å². The van der Waals surface area contributed by atoms with Gasteiger partial charge in [-0.2, -0.15) is 0 Å². The summed E-state index contributed by atoms with van der Waals surface area (Å²) in [5.74, 6) is 0.567. The van der Waals surface area contributed by atoms with Crippen molar-refractivity contribution in [2.45, 2.75) is 31.7 Å². The Labute approximate surface area is 119 Å². The molecule has 0 saturated heterocycles. The van der Waals surface area contributed by atoms with E-state index in [1.54, 1.807) is 0 Å². The van der Waals surface area contributed by atoms with Crippen LogP contribution in [0, 0.1) is 0 Å². The maximum atomic E-state index is 5.80. The molecule has 2 N–H and O–H groups in total. The Kier molecular flexibility index (Phi) is 3.44. The molecule has 1 fully saturated rings. The average Bonchev–Trinajstić information content (AvgIpc) is 2.80. The molecule has 106 valence electrons. The number of nitrogens with two attached hydrogens (primary N) is 1. The zero-order chi connectivity index (χ0) is 14.1. The molecule has 0 amide bonds. The van der Waals surface area contributed by atoms with Crippen molar-refractivity contribution < 1.29 is 0 Å². The number of aromatic nitrogens is 3. The minimum absolute atomic E-state index is 0.460. The van der Waals surface area contributed by atoms with Crippen LogP contribution < -0.4 is 10.6 Å². The standard InChI is InChI=1S/C15H21N5/c1-19(2)12-6-8-13(9-7-12)20-15(11-4-3-5-11)14(10-16)17-18-20/h6-9,11H,3-5,10,16H2,1-2H3. The van der Waals surface area contributed by atoms with Gasteiger partial charge in [0.05, 0.1) is 11.4 Å². The monoisotopic (exact) mass is 271 g/mol. The van der Waals surface area contributed by atoms with Crippen molar-refractivity contribution in [2.75, 3.05) is 19.0 Å². The van der Waals surface area contributed by atoms with Gasteiger partial charge in [-0.3, -0.25) is 0 Å². The summed E-state index contributed by atoms with van der Waals surface area (Å²) < 4.78 is 1.96. The summed E-state index contributed by atoms with van der Waals surface area (Å²) in [4.78, 5) is 2.09. The third kappa shape index (κ3) is 2.18. The van der Waals surface area contributed by atoms with E-state index in [2.05, 4.69) is 39.5 Å². The number of rotatable bonds is 4. The smallest absolute Gasteiger partial charge is 0.100 e. The minimum atomic E-state index is 0.460. The molecular weight excluding hydrogens is 250 g/mol. The van der Waals surface area contributed by atoms with Gasteiger partial charge in [-0.15, -0.1) is 5.10 Å². The number of benzene rings is 1. The molecule has 1 aliphatic rings. The number of hydrogen-bond acceptors (Lipinski definition) is 4.